The van der Waals surface area contributed by atoms with Gasteiger partial charge in [-0.1, -0.05) is 12.8 Å². The quantitative estimate of drug-likeness (QED) is 0.711. The van der Waals surface area contributed by atoms with Crippen LogP contribution in [0, 0.1) is 5.92 Å². The van der Waals surface area contributed by atoms with E-state index in [1.807, 2.05) is 6.92 Å². The molecule has 0 heterocycles. The summed E-state index contributed by atoms with van der Waals surface area (Å²) in [6.07, 6.45) is 4.96. The first-order chi connectivity index (χ1) is 11.5. The molecule has 24 heavy (non-hydrogen) atoms. The van der Waals surface area contributed by atoms with Crippen molar-refractivity contribution in [3.8, 4) is 5.75 Å². The van der Waals surface area contributed by atoms with E-state index < -0.39 is 10.0 Å². The number of sulfonamides is 1. The van der Waals surface area contributed by atoms with E-state index in [1.54, 1.807) is 12.1 Å². The van der Waals surface area contributed by atoms with Crippen molar-refractivity contribution in [2.75, 3.05) is 19.7 Å². The predicted octanol–water partition coefficient (Wildman–Crippen LogP) is 2.06. The molecule has 7 heteroatoms. The third-order valence-corrected chi connectivity index (χ3v) is 5.63. The van der Waals surface area contributed by atoms with Gasteiger partial charge in [0.1, 0.15) is 5.75 Å². The Bertz CT molecular complexity index is 622. The number of rotatable bonds is 9. The van der Waals surface area contributed by atoms with Gasteiger partial charge in [-0.05, 0) is 49.9 Å². The van der Waals surface area contributed by atoms with Gasteiger partial charge in [0.05, 0.1) is 11.5 Å². The van der Waals surface area contributed by atoms with Gasteiger partial charge < -0.3 is 10.1 Å². The first-order valence-electron chi connectivity index (χ1n) is 8.50. The maximum absolute atomic E-state index is 12.2. The fraction of sp³-hybridized carbons (Fsp3) is 0.588. The average molecular weight is 354 g/mol. The van der Waals surface area contributed by atoms with E-state index in [4.69, 9.17) is 4.74 Å². The van der Waals surface area contributed by atoms with E-state index in [1.165, 1.54) is 37.8 Å². The van der Waals surface area contributed by atoms with Crippen molar-refractivity contribution in [2.24, 2.45) is 5.92 Å². The van der Waals surface area contributed by atoms with Crippen LogP contribution in [0.3, 0.4) is 0 Å². The number of ether oxygens (including phenoxy) is 1. The van der Waals surface area contributed by atoms with Crippen LogP contribution in [0.1, 0.15) is 39.0 Å². The van der Waals surface area contributed by atoms with Crippen molar-refractivity contribution in [2.45, 2.75) is 43.9 Å². The molecule has 1 amide bonds. The van der Waals surface area contributed by atoms with Gasteiger partial charge in [-0.2, -0.15) is 0 Å². The highest BCUT2D eigenvalue weighted by molar-refractivity contribution is 7.89. The molecule has 1 aliphatic carbocycles. The molecule has 1 aromatic carbocycles. The first-order valence-corrected chi connectivity index (χ1v) is 9.99. The van der Waals surface area contributed by atoms with Gasteiger partial charge in [0.25, 0.3) is 0 Å². The van der Waals surface area contributed by atoms with Crippen molar-refractivity contribution in [1.29, 1.82) is 0 Å². The minimum atomic E-state index is -3.60. The number of hydrogen-bond acceptors (Lipinski definition) is 4. The van der Waals surface area contributed by atoms with Crippen molar-refractivity contribution in [3.63, 3.8) is 0 Å². The third kappa shape index (κ3) is 5.79. The molecule has 1 fully saturated rings. The largest absolute Gasteiger partial charge is 0.494 e. The lowest BCUT2D eigenvalue weighted by atomic mass is 10.1. The monoisotopic (exact) mass is 354 g/mol. The van der Waals surface area contributed by atoms with Gasteiger partial charge in [0.2, 0.25) is 15.9 Å². The molecule has 0 spiro atoms. The third-order valence-electron chi connectivity index (χ3n) is 4.15. The molecule has 134 valence electrons. The van der Waals surface area contributed by atoms with Crippen molar-refractivity contribution in [3.05, 3.63) is 24.3 Å². The molecule has 1 saturated carbocycles. The Kier molecular flexibility index (Phi) is 7.05. The normalized spacial score (nSPS) is 15.4. The summed E-state index contributed by atoms with van der Waals surface area (Å²) in [6.45, 7) is 3.18. The lowest BCUT2D eigenvalue weighted by Gasteiger charge is -2.11. The highest BCUT2D eigenvalue weighted by Crippen LogP contribution is 2.23. The number of nitrogens with one attached hydrogen (secondary N) is 2. The standard InChI is InChI=1S/C17H26N2O4S/c1-2-23-15-7-9-16(10-8-15)24(21,22)19-12-11-17(20)18-13-14-5-3-4-6-14/h7-10,14,19H,2-6,11-13H2,1H3,(H,18,20). The molecule has 1 aromatic rings. The van der Waals surface area contributed by atoms with Crippen LogP contribution in [0.15, 0.2) is 29.2 Å². The van der Waals surface area contributed by atoms with Gasteiger partial charge in [0, 0.05) is 19.5 Å². The summed E-state index contributed by atoms with van der Waals surface area (Å²) in [6, 6.07) is 6.22. The number of amides is 1. The molecule has 0 bridgehead atoms. The van der Waals surface area contributed by atoms with E-state index >= 15 is 0 Å². The Hall–Kier alpha value is -1.60. The maximum Gasteiger partial charge on any atom is 0.240 e. The van der Waals surface area contributed by atoms with Gasteiger partial charge in [-0.3, -0.25) is 4.79 Å². The Morgan fingerprint density at radius 1 is 1.21 bits per heavy atom. The zero-order valence-electron chi connectivity index (χ0n) is 14.1. The average Bonchev–Trinajstić information content (AvgIpc) is 3.07. The van der Waals surface area contributed by atoms with Crippen LogP contribution in [0.2, 0.25) is 0 Å². The van der Waals surface area contributed by atoms with Gasteiger partial charge in [-0.25, -0.2) is 13.1 Å². The summed E-state index contributed by atoms with van der Waals surface area (Å²) < 4.78 is 32.1. The molecule has 2 rings (SSSR count). The van der Waals surface area contributed by atoms with E-state index in [-0.39, 0.29) is 23.8 Å². The minimum Gasteiger partial charge on any atom is -0.494 e. The molecule has 0 radical (unpaired) electrons. The SMILES string of the molecule is CCOc1ccc(S(=O)(=O)NCCC(=O)NCC2CCCC2)cc1. The van der Waals surface area contributed by atoms with Crippen LogP contribution in [-0.4, -0.2) is 34.0 Å². The second-order valence-electron chi connectivity index (χ2n) is 6.01. The Morgan fingerprint density at radius 3 is 2.50 bits per heavy atom. The van der Waals surface area contributed by atoms with Crippen LogP contribution in [0.5, 0.6) is 5.75 Å². The maximum atomic E-state index is 12.2. The minimum absolute atomic E-state index is 0.0893. The topological polar surface area (TPSA) is 84.5 Å². The molecule has 0 aromatic heterocycles. The molecule has 1 aliphatic rings. The molecule has 2 N–H and O–H groups in total. The highest BCUT2D eigenvalue weighted by atomic mass is 32.2. The van der Waals surface area contributed by atoms with E-state index in [0.29, 0.717) is 24.8 Å². The second-order valence-corrected chi connectivity index (χ2v) is 7.77. The fourth-order valence-electron chi connectivity index (χ4n) is 2.82. The number of carbonyl (C=O) groups excluding carboxylic acids is 1. The van der Waals surface area contributed by atoms with Gasteiger partial charge in [-0.15, -0.1) is 0 Å². The molecule has 0 atom stereocenters. The van der Waals surface area contributed by atoms with Crippen LogP contribution in [-0.2, 0) is 14.8 Å². The van der Waals surface area contributed by atoms with Gasteiger partial charge >= 0.3 is 0 Å². The van der Waals surface area contributed by atoms with E-state index in [2.05, 4.69) is 10.0 Å². The zero-order valence-corrected chi connectivity index (χ0v) is 14.9. The molecule has 0 aliphatic heterocycles. The van der Waals surface area contributed by atoms with Crippen molar-refractivity contribution >= 4 is 15.9 Å². The van der Waals surface area contributed by atoms with Gasteiger partial charge in [0.15, 0.2) is 0 Å². The molecule has 0 unspecified atom stereocenters. The first kappa shape index (κ1) is 18.7. The van der Waals surface area contributed by atoms with E-state index in [9.17, 15) is 13.2 Å². The predicted molar refractivity (Wildman–Crippen MR) is 92.4 cm³/mol. The summed E-state index contributed by atoms with van der Waals surface area (Å²) >= 11 is 0. The van der Waals surface area contributed by atoms with Crippen molar-refractivity contribution in [1.82, 2.24) is 10.0 Å². The molecular formula is C17H26N2O4S. The van der Waals surface area contributed by atoms with Crippen LogP contribution >= 0.6 is 0 Å². The number of carbonyl (C=O) groups is 1. The summed E-state index contributed by atoms with van der Waals surface area (Å²) in [7, 11) is -3.60. The van der Waals surface area contributed by atoms with Crippen LogP contribution in [0.4, 0.5) is 0 Å². The van der Waals surface area contributed by atoms with Crippen LogP contribution < -0.4 is 14.8 Å². The Balaban J connectivity index is 1.74. The molecular weight excluding hydrogens is 328 g/mol. The summed E-state index contributed by atoms with van der Waals surface area (Å²) in [5, 5.41) is 2.88. The van der Waals surface area contributed by atoms with Crippen LogP contribution in [0.25, 0.3) is 0 Å². The smallest absolute Gasteiger partial charge is 0.240 e. The van der Waals surface area contributed by atoms with E-state index in [0.717, 1.165) is 0 Å². The number of benzene rings is 1. The summed E-state index contributed by atoms with van der Waals surface area (Å²) in [5.74, 6) is 1.09. The molecule has 6 nitrogen and oxygen atoms in total. The Morgan fingerprint density at radius 2 is 1.88 bits per heavy atom. The zero-order chi connectivity index (χ0) is 17.4. The second kappa shape index (κ2) is 9.03. The summed E-state index contributed by atoms with van der Waals surface area (Å²) in [5.41, 5.74) is 0. The highest BCUT2D eigenvalue weighted by Gasteiger charge is 2.17. The van der Waals surface area contributed by atoms with Crippen molar-refractivity contribution < 1.29 is 17.9 Å². The lowest BCUT2D eigenvalue weighted by Crippen LogP contribution is -2.32. The lowest BCUT2D eigenvalue weighted by molar-refractivity contribution is -0.121. The molecule has 0 saturated heterocycles. The summed E-state index contributed by atoms with van der Waals surface area (Å²) in [4.78, 5) is 11.9. The fourth-order valence-corrected chi connectivity index (χ4v) is 3.86. The Labute approximate surface area is 144 Å². The number of hydrogen-bond donors (Lipinski definition) is 2.